The highest BCUT2D eigenvalue weighted by molar-refractivity contribution is 5.85. The molecule has 0 fully saturated rings. The van der Waals surface area contributed by atoms with Gasteiger partial charge in [-0.05, 0) is 18.2 Å². The topological polar surface area (TPSA) is 130 Å². The van der Waals surface area contributed by atoms with E-state index < -0.39 is 22.7 Å². The molecular weight excluding hydrogens is 332 g/mol. The Morgan fingerprint density at radius 2 is 1.52 bits per heavy atom. The zero-order valence-electron chi connectivity index (χ0n) is 13.2. The van der Waals surface area contributed by atoms with Gasteiger partial charge < -0.3 is 34.3 Å². The normalized spacial score (nSPS) is 10.8. The van der Waals surface area contributed by atoms with E-state index in [9.17, 15) is 25.2 Å². The molecule has 0 atom stereocenters. The zero-order valence-corrected chi connectivity index (χ0v) is 13.2. The molecular formula is C17H14O8. The Bertz CT molecular complexity index is 1040. The monoisotopic (exact) mass is 346 g/mol. The van der Waals surface area contributed by atoms with Crippen molar-refractivity contribution in [1.29, 1.82) is 0 Å². The summed E-state index contributed by atoms with van der Waals surface area (Å²) in [6.45, 7) is 0. The fourth-order valence-corrected chi connectivity index (χ4v) is 2.44. The number of rotatable bonds is 3. The lowest BCUT2D eigenvalue weighted by molar-refractivity contribution is 0.351. The van der Waals surface area contributed by atoms with Crippen molar-refractivity contribution in [2.45, 2.75) is 0 Å². The van der Waals surface area contributed by atoms with Crippen molar-refractivity contribution in [3.05, 3.63) is 34.5 Å². The second-order valence-electron chi connectivity index (χ2n) is 5.18. The Morgan fingerprint density at radius 3 is 2.16 bits per heavy atom. The summed E-state index contributed by atoms with van der Waals surface area (Å²) < 4.78 is 15.4. The molecule has 0 bridgehead atoms. The highest BCUT2D eigenvalue weighted by Crippen LogP contribution is 2.42. The molecule has 1 heterocycles. The molecule has 25 heavy (non-hydrogen) atoms. The molecule has 0 radical (unpaired) electrons. The number of ether oxygens (including phenoxy) is 2. The highest BCUT2D eigenvalue weighted by Gasteiger charge is 2.20. The van der Waals surface area contributed by atoms with E-state index in [2.05, 4.69) is 0 Å². The minimum Gasteiger partial charge on any atom is -0.504 e. The van der Waals surface area contributed by atoms with Gasteiger partial charge in [0.2, 0.25) is 16.9 Å². The van der Waals surface area contributed by atoms with Crippen LogP contribution in [0.2, 0.25) is 0 Å². The maximum atomic E-state index is 12.4. The number of phenols is 3. The Morgan fingerprint density at radius 1 is 0.840 bits per heavy atom. The molecule has 1 aromatic heterocycles. The van der Waals surface area contributed by atoms with Crippen LogP contribution < -0.4 is 14.9 Å². The third-order valence-electron chi connectivity index (χ3n) is 3.70. The number of fused-ring (bicyclic) bond motifs is 1. The first-order valence-electron chi connectivity index (χ1n) is 7.04. The van der Waals surface area contributed by atoms with Crippen molar-refractivity contribution in [1.82, 2.24) is 0 Å². The maximum absolute atomic E-state index is 12.4. The van der Waals surface area contributed by atoms with E-state index in [1.54, 1.807) is 0 Å². The van der Waals surface area contributed by atoms with Crippen molar-refractivity contribution in [3.8, 4) is 45.8 Å². The summed E-state index contributed by atoms with van der Waals surface area (Å²) in [5, 5.41) is 39.5. The van der Waals surface area contributed by atoms with Crippen LogP contribution in [0.1, 0.15) is 0 Å². The fraction of sp³-hybridized carbons (Fsp3) is 0.118. The molecule has 0 saturated heterocycles. The van der Waals surface area contributed by atoms with Crippen LogP contribution >= 0.6 is 0 Å². The van der Waals surface area contributed by atoms with Crippen LogP contribution in [0.15, 0.2) is 33.5 Å². The number of aromatic hydroxyl groups is 4. The zero-order chi connectivity index (χ0) is 18.3. The van der Waals surface area contributed by atoms with Gasteiger partial charge >= 0.3 is 0 Å². The van der Waals surface area contributed by atoms with Gasteiger partial charge in [-0.25, -0.2) is 0 Å². The standard InChI is InChI=1S/C17H14O8/c1-23-12-5-8-11(6-9(12)18)25-17(16(22)14(8)20)7-3-10(19)15(21)13(4-7)24-2/h3-6,18-19,21-22H,1-2H3. The molecule has 3 rings (SSSR count). The molecule has 3 aromatic rings. The predicted molar refractivity (Wildman–Crippen MR) is 87.7 cm³/mol. The summed E-state index contributed by atoms with van der Waals surface area (Å²) in [5.74, 6) is -2.24. The Balaban J connectivity index is 2.33. The van der Waals surface area contributed by atoms with E-state index in [1.165, 1.54) is 32.4 Å². The number of benzene rings is 2. The predicted octanol–water partition coefficient (Wildman–Crippen LogP) is 2.30. The van der Waals surface area contributed by atoms with Crippen LogP contribution in [-0.4, -0.2) is 34.6 Å². The Kier molecular flexibility index (Phi) is 3.80. The van der Waals surface area contributed by atoms with Gasteiger partial charge in [0.25, 0.3) is 0 Å². The molecule has 2 aromatic carbocycles. The minimum atomic E-state index is -0.749. The van der Waals surface area contributed by atoms with E-state index >= 15 is 0 Å². The average Bonchev–Trinajstić information content (AvgIpc) is 2.60. The van der Waals surface area contributed by atoms with E-state index in [1.807, 2.05) is 0 Å². The molecule has 130 valence electrons. The van der Waals surface area contributed by atoms with Crippen molar-refractivity contribution in [2.24, 2.45) is 0 Å². The van der Waals surface area contributed by atoms with Gasteiger partial charge in [-0.3, -0.25) is 4.79 Å². The van der Waals surface area contributed by atoms with Crippen molar-refractivity contribution in [3.63, 3.8) is 0 Å². The van der Waals surface area contributed by atoms with Gasteiger partial charge in [-0.2, -0.15) is 0 Å². The van der Waals surface area contributed by atoms with Gasteiger partial charge in [-0.15, -0.1) is 0 Å². The lowest BCUT2D eigenvalue weighted by Crippen LogP contribution is -2.03. The van der Waals surface area contributed by atoms with Crippen LogP contribution in [0.5, 0.6) is 34.5 Å². The quantitative estimate of drug-likeness (QED) is 0.532. The second-order valence-corrected chi connectivity index (χ2v) is 5.18. The van der Waals surface area contributed by atoms with Gasteiger partial charge in [0, 0.05) is 11.6 Å². The number of hydrogen-bond acceptors (Lipinski definition) is 8. The molecule has 0 aliphatic heterocycles. The summed E-state index contributed by atoms with van der Waals surface area (Å²) >= 11 is 0. The third-order valence-corrected chi connectivity index (χ3v) is 3.70. The van der Waals surface area contributed by atoms with Crippen molar-refractivity contribution < 1.29 is 34.3 Å². The van der Waals surface area contributed by atoms with E-state index in [0.29, 0.717) is 0 Å². The number of methoxy groups -OCH3 is 2. The lowest BCUT2D eigenvalue weighted by Gasteiger charge is -2.11. The van der Waals surface area contributed by atoms with Gasteiger partial charge in [0.05, 0.1) is 19.6 Å². The van der Waals surface area contributed by atoms with Crippen LogP contribution in [0.3, 0.4) is 0 Å². The number of phenolic OH excluding ortho intramolecular Hbond substituents is 3. The minimum absolute atomic E-state index is 0.00244. The Hall–Kier alpha value is -3.55. The van der Waals surface area contributed by atoms with E-state index in [-0.39, 0.29) is 39.5 Å². The summed E-state index contributed by atoms with van der Waals surface area (Å²) in [5.41, 5.74) is -0.650. The first kappa shape index (κ1) is 16.3. The molecule has 8 heteroatoms. The summed E-state index contributed by atoms with van der Waals surface area (Å²) in [7, 11) is 2.60. The van der Waals surface area contributed by atoms with Crippen LogP contribution in [-0.2, 0) is 0 Å². The van der Waals surface area contributed by atoms with Crippen LogP contribution in [0.25, 0.3) is 22.3 Å². The molecule has 0 spiro atoms. The van der Waals surface area contributed by atoms with Crippen molar-refractivity contribution >= 4 is 11.0 Å². The van der Waals surface area contributed by atoms with Gasteiger partial charge in [0.15, 0.2) is 28.8 Å². The summed E-state index contributed by atoms with van der Waals surface area (Å²) in [4.78, 5) is 12.4. The summed E-state index contributed by atoms with van der Waals surface area (Å²) in [6, 6.07) is 4.80. The SMILES string of the molecule is COc1cc2c(=O)c(O)c(-c3cc(O)c(O)c(OC)c3)oc2cc1O. The van der Waals surface area contributed by atoms with Crippen molar-refractivity contribution in [2.75, 3.05) is 14.2 Å². The average molecular weight is 346 g/mol. The van der Waals surface area contributed by atoms with E-state index in [4.69, 9.17) is 13.9 Å². The smallest absolute Gasteiger partial charge is 0.235 e. The van der Waals surface area contributed by atoms with Gasteiger partial charge in [0.1, 0.15) is 5.58 Å². The molecule has 0 aliphatic carbocycles. The molecule has 0 unspecified atom stereocenters. The largest absolute Gasteiger partial charge is 0.504 e. The number of hydrogen-bond donors (Lipinski definition) is 4. The lowest BCUT2D eigenvalue weighted by atomic mass is 10.1. The van der Waals surface area contributed by atoms with Crippen LogP contribution in [0, 0.1) is 0 Å². The van der Waals surface area contributed by atoms with Gasteiger partial charge in [-0.1, -0.05) is 0 Å². The molecule has 8 nitrogen and oxygen atoms in total. The molecule has 4 N–H and O–H groups in total. The first-order chi connectivity index (χ1) is 11.9. The molecule has 0 amide bonds. The van der Waals surface area contributed by atoms with Crippen LogP contribution in [0.4, 0.5) is 0 Å². The fourth-order valence-electron chi connectivity index (χ4n) is 2.44. The van der Waals surface area contributed by atoms with E-state index in [0.717, 1.165) is 6.07 Å². The second kappa shape index (κ2) is 5.82. The maximum Gasteiger partial charge on any atom is 0.235 e. The summed E-state index contributed by atoms with van der Waals surface area (Å²) in [6.07, 6.45) is 0. The Labute approximate surface area is 140 Å². The third kappa shape index (κ3) is 2.53. The molecule has 0 saturated carbocycles. The molecule has 0 aliphatic rings. The highest BCUT2D eigenvalue weighted by atomic mass is 16.5. The first-order valence-corrected chi connectivity index (χ1v) is 7.04.